The molecule has 1 unspecified atom stereocenters. The highest BCUT2D eigenvalue weighted by Crippen LogP contribution is 2.46. The first-order valence-electron chi connectivity index (χ1n) is 21.6. The number of pyridine rings is 1. The summed E-state index contributed by atoms with van der Waals surface area (Å²) < 4.78 is 39.2. The number of nitrogens with zero attached hydrogens (tertiary/aromatic N) is 8. The number of hydrogen-bond donors (Lipinski definition) is 3. The molecular formula is C44H50ClF2N11O4. The fourth-order valence-corrected chi connectivity index (χ4v) is 10.2. The molecule has 0 spiro atoms. The number of rotatable bonds is 8. The Kier molecular flexibility index (Phi) is 10.2. The Morgan fingerprint density at radius 1 is 1.00 bits per heavy atom. The smallest absolute Gasteiger partial charge is 0.301 e. The van der Waals surface area contributed by atoms with Gasteiger partial charge in [-0.3, -0.25) is 29.3 Å². The number of para-hydroxylation sites is 1. The number of aryl methyl sites for hydroxylation is 2. The largest absolute Gasteiger partial charge is 0.480 e. The van der Waals surface area contributed by atoms with Gasteiger partial charge in [0.2, 0.25) is 23.5 Å². The Bertz CT molecular complexity index is 2660. The van der Waals surface area contributed by atoms with E-state index in [1.807, 2.05) is 29.9 Å². The van der Waals surface area contributed by atoms with Crippen LogP contribution in [0.4, 0.5) is 37.6 Å². The summed E-state index contributed by atoms with van der Waals surface area (Å²) in [6, 6.07) is 10.7. The topological polar surface area (TPSA) is 155 Å². The maximum atomic E-state index is 15.2. The lowest BCUT2D eigenvalue weighted by atomic mass is 9.92. The molecule has 5 aliphatic rings. The number of aromatic nitrogens is 5. The molecule has 1 saturated carbocycles. The molecule has 18 heteroatoms. The monoisotopic (exact) mass is 869 g/mol. The molecule has 3 atom stereocenters. The minimum absolute atomic E-state index is 0.107. The summed E-state index contributed by atoms with van der Waals surface area (Å²) in [6.45, 7) is 6.73. The van der Waals surface area contributed by atoms with Crippen LogP contribution < -0.4 is 36.0 Å². The van der Waals surface area contributed by atoms with Gasteiger partial charge in [0.25, 0.3) is 5.56 Å². The zero-order valence-electron chi connectivity index (χ0n) is 35.0. The lowest BCUT2D eigenvalue weighted by Gasteiger charge is -2.43. The number of piperidine rings is 2. The van der Waals surface area contributed by atoms with Crippen LogP contribution in [0.1, 0.15) is 57.1 Å². The van der Waals surface area contributed by atoms with Gasteiger partial charge in [-0.15, -0.1) is 0 Å². The molecule has 7 heterocycles. The van der Waals surface area contributed by atoms with Gasteiger partial charge >= 0.3 is 5.92 Å². The number of halogens is 3. The van der Waals surface area contributed by atoms with E-state index < -0.39 is 30.0 Å². The lowest BCUT2D eigenvalue weighted by Crippen LogP contribution is -2.53. The molecule has 2 amide bonds. The fourth-order valence-electron chi connectivity index (χ4n) is 10.0. The maximum Gasteiger partial charge on any atom is 0.301 e. The molecule has 10 rings (SSSR count). The average molecular weight is 870 g/mol. The van der Waals surface area contributed by atoms with E-state index in [2.05, 4.69) is 48.6 Å². The molecule has 4 fully saturated rings. The van der Waals surface area contributed by atoms with Crippen LogP contribution in [0.3, 0.4) is 0 Å². The van der Waals surface area contributed by atoms with E-state index in [0.717, 1.165) is 74.4 Å². The summed E-state index contributed by atoms with van der Waals surface area (Å²) in [6.07, 6.45) is 5.75. The van der Waals surface area contributed by atoms with Crippen LogP contribution in [-0.2, 0) is 23.7 Å². The van der Waals surface area contributed by atoms with Gasteiger partial charge in [-0.1, -0.05) is 23.7 Å². The van der Waals surface area contributed by atoms with E-state index in [4.69, 9.17) is 26.4 Å². The van der Waals surface area contributed by atoms with Gasteiger partial charge in [0.15, 0.2) is 12.4 Å². The zero-order valence-corrected chi connectivity index (χ0v) is 35.7. The van der Waals surface area contributed by atoms with Crippen LogP contribution in [0.5, 0.6) is 5.75 Å². The van der Waals surface area contributed by atoms with Crippen molar-refractivity contribution in [2.24, 2.45) is 25.9 Å². The second-order valence-electron chi connectivity index (χ2n) is 17.7. The molecule has 3 aromatic heterocycles. The first-order chi connectivity index (χ1) is 29.8. The fraction of sp³-hybridized carbons (Fsp3) is 0.500. The summed E-state index contributed by atoms with van der Waals surface area (Å²) >= 11 is 6.65. The van der Waals surface area contributed by atoms with E-state index in [9.17, 15) is 14.4 Å². The van der Waals surface area contributed by atoms with Crippen molar-refractivity contribution < 1.29 is 23.1 Å². The number of amides is 2. The quantitative estimate of drug-likeness (QED) is 0.162. The van der Waals surface area contributed by atoms with Crippen LogP contribution >= 0.6 is 11.6 Å². The minimum atomic E-state index is -3.13. The Labute approximate surface area is 361 Å². The molecule has 15 nitrogen and oxygen atoms in total. The molecule has 62 heavy (non-hydrogen) atoms. The number of carbonyl (C=O) groups excluding carboxylic acids is 2. The van der Waals surface area contributed by atoms with Crippen molar-refractivity contribution in [2.75, 3.05) is 66.3 Å². The summed E-state index contributed by atoms with van der Waals surface area (Å²) in [4.78, 5) is 54.5. The Morgan fingerprint density at radius 3 is 2.56 bits per heavy atom. The van der Waals surface area contributed by atoms with E-state index in [1.165, 1.54) is 4.57 Å². The summed E-state index contributed by atoms with van der Waals surface area (Å²) in [5, 5.41) is 15.5. The van der Waals surface area contributed by atoms with E-state index in [1.54, 1.807) is 25.4 Å². The number of ether oxygens (including phenoxy) is 1. The molecule has 0 bridgehead atoms. The van der Waals surface area contributed by atoms with Gasteiger partial charge in [0, 0.05) is 82.3 Å². The van der Waals surface area contributed by atoms with Crippen molar-refractivity contribution in [3.05, 3.63) is 63.7 Å². The molecule has 0 radical (unpaired) electrons. The number of hydrogen-bond acceptors (Lipinski definition) is 12. The molecule has 5 aromatic rings. The third-order valence-electron chi connectivity index (χ3n) is 13.5. The van der Waals surface area contributed by atoms with Crippen LogP contribution in [-0.4, -0.2) is 105 Å². The van der Waals surface area contributed by atoms with Crippen molar-refractivity contribution in [3.8, 4) is 5.75 Å². The van der Waals surface area contributed by atoms with Crippen molar-refractivity contribution in [2.45, 2.75) is 69.4 Å². The van der Waals surface area contributed by atoms with Gasteiger partial charge in [-0.05, 0) is 75.1 Å². The van der Waals surface area contributed by atoms with Crippen molar-refractivity contribution in [1.82, 2.24) is 34.5 Å². The van der Waals surface area contributed by atoms with Gasteiger partial charge in [-0.25, -0.2) is 13.8 Å². The standard InChI is InChI=1S/C44H50ClF2N11O4/c1-24-21-56(17-18-58(24)33-6-4-5-28-35(53-55(3)37(28)33)29-10-12-34(59)50-41(29)60)22-25-13-15-57(16-14-25)43-48-20-31(45)40(52-43)49-27-9-11-32-30(19-27)36-38(42(61)54(32)2)62-23-44(46,47)39(51-36)26-7-8-26/h4-6,9,11,19-20,24-26,29,39,51H,7-8,10,12-18,21-23H2,1-3H3,(H,48,49,52)(H,50,59,60)/t24-,29?,39-/m0/s1. The Morgan fingerprint density at radius 2 is 1.81 bits per heavy atom. The number of fused-ring (bicyclic) bond motifs is 4. The van der Waals surface area contributed by atoms with Crippen LogP contribution in [0, 0.1) is 11.8 Å². The van der Waals surface area contributed by atoms with E-state index in [-0.39, 0.29) is 35.2 Å². The molecule has 1 aliphatic carbocycles. The lowest BCUT2D eigenvalue weighted by molar-refractivity contribution is -0.134. The highest BCUT2D eigenvalue weighted by Gasteiger charge is 2.51. The number of alkyl halides is 2. The predicted molar refractivity (Wildman–Crippen MR) is 234 cm³/mol. The normalized spacial score (nSPS) is 23.5. The minimum Gasteiger partial charge on any atom is -0.480 e. The summed E-state index contributed by atoms with van der Waals surface area (Å²) in [5.41, 5.74) is 3.84. The maximum absolute atomic E-state index is 15.2. The molecule has 3 N–H and O–H groups in total. The van der Waals surface area contributed by atoms with Gasteiger partial charge in [-0.2, -0.15) is 10.1 Å². The van der Waals surface area contributed by atoms with Crippen molar-refractivity contribution in [1.29, 1.82) is 0 Å². The number of piperazine rings is 1. The third kappa shape index (κ3) is 7.35. The van der Waals surface area contributed by atoms with Crippen LogP contribution in [0.25, 0.3) is 21.8 Å². The van der Waals surface area contributed by atoms with Crippen LogP contribution in [0.15, 0.2) is 47.4 Å². The number of carbonyl (C=O) groups is 2. The molecule has 2 aromatic carbocycles. The second kappa shape index (κ2) is 15.7. The molecule has 3 saturated heterocycles. The van der Waals surface area contributed by atoms with Crippen molar-refractivity contribution >= 4 is 74.0 Å². The molecular weight excluding hydrogens is 820 g/mol. The number of nitrogens with one attached hydrogen (secondary N) is 3. The summed E-state index contributed by atoms with van der Waals surface area (Å²) in [7, 11) is 3.53. The molecule has 4 aliphatic heterocycles. The number of imide groups is 1. The van der Waals surface area contributed by atoms with Gasteiger partial charge < -0.3 is 29.7 Å². The number of anilines is 5. The Balaban J connectivity index is 0.787. The van der Waals surface area contributed by atoms with Crippen LogP contribution in [0.2, 0.25) is 5.02 Å². The summed E-state index contributed by atoms with van der Waals surface area (Å²) in [5.74, 6) is -2.86. The molecule has 326 valence electrons. The first-order valence-corrected chi connectivity index (χ1v) is 22.0. The second-order valence-corrected chi connectivity index (χ2v) is 18.1. The highest BCUT2D eigenvalue weighted by atomic mass is 35.5. The first kappa shape index (κ1) is 40.5. The average Bonchev–Trinajstić information content (AvgIpc) is 4.05. The predicted octanol–water partition coefficient (Wildman–Crippen LogP) is 5.78. The van der Waals surface area contributed by atoms with E-state index >= 15 is 8.78 Å². The highest BCUT2D eigenvalue weighted by molar-refractivity contribution is 6.33. The van der Waals surface area contributed by atoms with Gasteiger partial charge in [0.1, 0.15) is 5.02 Å². The number of benzene rings is 2. The van der Waals surface area contributed by atoms with Gasteiger partial charge in [0.05, 0.1) is 46.3 Å². The third-order valence-corrected chi connectivity index (χ3v) is 13.8. The SMILES string of the molecule is C[C@H]1CN(CC2CCN(c3ncc(Cl)c(Nc4ccc5c(c4)c4c(c(=O)n5C)OCC(F)(F)[C@H](C5CC5)N4)n3)CC2)CCN1c1cccc2c(C3CCC(=O)NC3=O)nn(C)c12. The Hall–Kier alpha value is -5.55. The zero-order chi connectivity index (χ0) is 43.0. The van der Waals surface area contributed by atoms with E-state index in [0.29, 0.717) is 65.0 Å². The van der Waals surface area contributed by atoms with Crippen molar-refractivity contribution in [3.63, 3.8) is 0 Å².